The van der Waals surface area contributed by atoms with Gasteiger partial charge in [0.05, 0.1) is 42.6 Å². The van der Waals surface area contributed by atoms with Crippen molar-refractivity contribution in [1.29, 1.82) is 0 Å². The van der Waals surface area contributed by atoms with Crippen LogP contribution in [-0.2, 0) is 25.6 Å². The molecule has 3 N–H and O–H groups in total. The van der Waals surface area contributed by atoms with Crippen LogP contribution in [0.15, 0.2) is 81.0 Å². The number of carbonyl (C=O) groups is 3. The Morgan fingerprint density at radius 1 is 0.977 bits per heavy atom. The van der Waals surface area contributed by atoms with Crippen molar-refractivity contribution in [2.45, 2.75) is 34.6 Å². The average Bonchev–Trinajstić information content (AvgIpc) is 3.75. The SMILES string of the molecule is O=C(NCC(=O)N1CC2(C[C@H]1C(=O)NCc1cc3cc(Br)ccc3[nH]1)OCCO2)c1ccc2c(c1)Oc1ccccc1S2. The number of aromatic amines is 1. The molecule has 0 aliphatic carbocycles. The number of carbonyl (C=O) groups excluding carboxylic acids is 3. The van der Waals surface area contributed by atoms with Crippen molar-refractivity contribution in [2.75, 3.05) is 26.3 Å². The number of hydrogen-bond acceptors (Lipinski definition) is 7. The lowest BCUT2D eigenvalue weighted by Crippen LogP contribution is -2.49. The van der Waals surface area contributed by atoms with Crippen LogP contribution < -0.4 is 15.4 Å². The van der Waals surface area contributed by atoms with Crippen molar-refractivity contribution in [3.8, 4) is 11.5 Å². The van der Waals surface area contributed by atoms with E-state index in [2.05, 4.69) is 31.5 Å². The first-order valence-corrected chi connectivity index (χ1v) is 15.5. The van der Waals surface area contributed by atoms with E-state index in [1.165, 1.54) is 4.90 Å². The molecule has 220 valence electrons. The molecule has 7 rings (SSSR count). The number of rotatable bonds is 6. The number of para-hydroxylation sites is 1. The van der Waals surface area contributed by atoms with Gasteiger partial charge in [0.15, 0.2) is 5.79 Å². The van der Waals surface area contributed by atoms with Crippen molar-refractivity contribution >= 4 is 56.3 Å². The summed E-state index contributed by atoms with van der Waals surface area (Å²) in [6.07, 6.45) is 0.208. The highest BCUT2D eigenvalue weighted by Gasteiger charge is 2.52. The second-order valence-electron chi connectivity index (χ2n) is 10.6. The monoisotopic (exact) mass is 662 g/mol. The summed E-state index contributed by atoms with van der Waals surface area (Å²) in [5.41, 5.74) is 2.16. The highest BCUT2D eigenvalue weighted by atomic mass is 79.9. The predicted octanol–water partition coefficient (Wildman–Crippen LogP) is 4.58. The molecular weight excluding hydrogens is 636 g/mol. The lowest BCUT2D eigenvalue weighted by molar-refractivity contribution is -0.152. The van der Waals surface area contributed by atoms with Gasteiger partial charge in [0.25, 0.3) is 5.91 Å². The predicted molar refractivity (Wildman–Crippen MR) is 162 cm³/mol. The maximum Gasteiger partial charge on any atom is 0.251 e. The molecule has 2 fully saturated rings. The van der Waals surface area contributed by atoms with E-state index in [0.29, 0.717) is 24.5 Å². The summed E-state index contributed by atoms with van der Waals surface area (Å²) in [7, 11) is 0. The second kappa shape index (κ2) is 11.3. The van der Waals surface area contributed by atoms with Gasteiger partial charge in [-0.2, -0.15) is 0 Å². The smallest absolute Gasteiger partial charge is 0.251 e. The number of nitrogens with one attached hydrogen (secondary N) is 3. The Morgan fingerprint density at radius 2 is 1.79 bits per heavy atom. The van der Waals surface area contributed by atoms with E-state index in [9.17, 15) is 14.4 Å². The fraction of sp³-hybridized carbons (Fsp3) is 0.258. The fourth-order valence-electron chi connectivity index (χ4n) is 5.63. The van der Waals surface area contributed by atoms with Crippen LogP contribution in [0.5, 0.6) is 11.5 Å². The number of H-pyrrole nitrogens is 1. The van der Waals surface area contributed by atoms with Crippen LogP contribution in [0.1, 0.15) is 22.5 Å². The van der Waals surface area contributed by atoms with Crippen LogP contribution in [0, 0.1) is 0 Å². The lowest BCUT2D eigenvalue weighted by Gasteiger charge is -2.24. The minimum Gasteiger partial charge on any atom is -0.455 e. The number of ether oxygens (including phenoxy) is 3. The standard InChI is InChI=1S/C31H27BrN4O6S/c32-20-6-7-22-19(11-20)12-21(35-22)15-33-30(39)23-14-31(40-9-10-41-31)17-36(23)28(37)16-34-29(38)18-5-8-27-25(13-18)42-24-3-1-2-4-26(24)43-27/h1-8,11-13,23,35H,9-10,14-17H2,(H,33,39)(H,34,38)/t23-/m0/s1. The van der Waals surface area contributed by atoms with Gasteiger partial charge in [0.2, 0.25) is 11.8 Å². The summed E-state index contributed by atoms with van der Waals surface area (Å²) in [4.78, 5) is 46.5. The number of likely N-dealkylation sites (tertiary alicyclic amines) is 1. The quantitative estimate of drug-likeness (QED) is 0.243. The van der Waals surface area contributed by atoms with Gasteiger partial charge >= 0.3 is 0 Å². The third kappa shape index (κ3) is 5.63. The van der Waals surface area contributed by atoms with E-state index >= 15 is 0 Å². The van der Waals surface area contributed by atoms with E-state index in [-0.39, 0.29) is 32.0 Å². The average molecular weight is 664 g/mol. The van der Waals surface area contributed by atoms with Crippen LogP contribution in [0.3, 0.4) is 0 Å². The number of fused-ring (bicyclic) bond motifs is 3. The Hall–Kier alpha value is -3.84. The van der Waals surface area contributed by atoms with Gasteiger partial charge in [-0.05, 0) is 54.6 Å². The molecule has 0 unspecified atom stereocenters. The topological polar surface area (TPSA) is 122 Å². The Balaban J connectivity index is 1.01. The van der Waals surface area contributed by atoms with Crippen molar-refractivity contribution in [3.05, 3.63) is 82.5 Å². The van der Waals surface area contributed by atoms with Gasteiger partial charge in [-0.3, -0.25) is 14.4 Å². The van der Waals surface area contributed by atoms with Gasteiger partial charge in [0, 0.05) is 33.1 Å². The molecular formula is C31H27BrN4O6S. The summed E-state index contributed by atoms with van der Waals surface area (Å²) < 4.78 is 18.6. The van der Waals surface area contributed by atoms with Crippen LogP contribution >= 0.6 is 27.7 Å². The summed E-state index contributed by atoms with van der Waals surface area (Å²) in [6, 6.07) is 20.0. The number of aromatic nitrogens is 1. The van der Waals surface area contributed by atoms with Crippen LogP contribution in [0.25, 0.3) is 10.9 Å². The van der Waals surface area contributed by atoms with E-state index in [4.69, 9.17) is 14.2 Å². The molecule has 3 amide bonds. The summed E-state index contributed by atoms with van der Waals surface area (Å²) in [5.74, 6) is -0.858. The van der Waals surface area contributed by atoms with Crippen molar-refractivity contribution < 1.29 is 28.6 Å². The molecule has 1 spiro atoms. The maximum absolute atomic E-state index is 13.4. The van der Waals surface area contributed by atoms with E-state index in [1.54, 1.807) is 23.9 Å². The van der Waals surface area contributed by atoms with Gasteiger partial charge in [-0.1, -0.05) is 39.8 Å². The molecule has 2 saturated heterocycles. The van der Waals surface area contributed by atoms with E-state index < -0.39 is 23.6 Å². The molecule has 0 bridgehead atoms. The highest BCUT2D eigenvalue weighted by molar-refractivity contribution is 9.10. The molecule has 3 aliphatic rings. The molecule has 0 radical (unpaired) electrons. The minimum atomic E-state index is -1.03. The number of amides is 3. The molecule has 12 heteroatoms. The van der Waals surface area contributed by atoms with Gasteiger partial charge < -0.3 is 34.7 Å². The fourth-order valence-corrected chi connectivity index (χ4v) is 6.94. The normalized spacial score (nSPS) is 18.3. The maximum atomic E-state index is 13.4. The summed E-state index contributed by atoms with van der Waals surface area (Å²) in [6.45, 7) is 0.856. The minimum absolute atomic E-state index is 0.101. The Labute approximate surface area is 259 Å². The molecule has 3 aliphatic heterocycles. The molecule has 0 saturated carbocycles. The first kappa shape index (κ1) is 28.0. The lowest BCUT2D eigenvalue weighted by atomic mass is 10.1. The Kier molecular flexibility index (Phi) is 7.38. The Bertz CT molecular complexity index is 1750. The van der Waals surface area contributed by atoms with Crippen molar-refractivity contribution in [3.63, 3.8) is 0 Å². The highest BCUT2D eigenvalue weighted by Crippen LogP contribution is 2.47. The van der Waals surface area contributed by atoms with Gasteiger partial charge in [-0.25, -0.2) is 0 Å². The molecule has 3 aromatic carbocycles. The van der Waals surface area contributed by atoms with E-state index in [0.717, 1.165) is 36.6 Å². The van der Waals surface area contributed by atoms with Crippen LogP contribution in [0.2, 0.25) is 0 Å². The second-order valence-corrected chi connectivity index (χ2v) is 12.6. The third-order valence-corrected chi connectivity index (χ3v) is 9.32. The van der Waals surface area contributed by atoms with Gasteiger partial charge in [-0.15, -0.1) is 0 Å². The molecule has 1 atom stereocenters. The largest absolute Gasteiger partial charge is 0.455 e. The summed E-state index contributed by atoms with van der Waals surface area (Å²) in [5, 5.41) is 6.67. The molecule has 10 nitrogen and oxygen atoms in total. The van der Waals surface area contributed by atoms with Crippen molar-refractivity contribution in [1.82, 2.24) is 20.5 Å². The molecule has 4 heterocycles. The zero-order valence-corrected chi connectivity index (χ0v) is 25.3. The number of nitrogens with zero attached hydrogens (tertiary/aromatic N) is 1. The zero-order valence-electron chi connectivity index (χ0n) is 22.9. The molecule has 1 aromatic heterocycles. The number of halogens is 1. The van der Waals surface area contributed by atoms with Crippen molar-refractivity contribution in [2.24, 2.45) is 0 Å². The first-order valence-electron chi connectivity index (χ1n) is 13.9. The van der Waals surface area contributed by atoms with Gasteiger partial charge in [0.1, 0.15) is 17.5 Å². The van der Waals surface area contributed by atoms with Crippen LogP contribution in [-0.4, -0.2) is 65.7 Å². The van der Waals surface area contributed by atoms with Crippen LogP contribution in [0.4, 0.5) is 0 Å². The summed E-state index contributed by atoms with van der Waals surface area (Å²) >= 11 is 5.05. The molecule has 43 heavy (non-hydrogen) atoms. The number of hydrogen-bond donors (Lipinski definition) is 3. The van der Waals surface area contributed by atoms with E-state index in [1.807, 2.05) is 54.6 Å². The zero-order chi connectivity index (χ0) is 29.6. The first-order chi connectivity index (χ1) is 20.9. The Morgan fingerprint density at radius 3 is 2.65 bits per heavy atom. The molecule has 4 aromatic rings. The third-order valence-electron chi connectivity index (χ3n) is 7.72. The number of benzene rings is 3.